The number of ether oxygens (including phenoxy) is 2. The highest BCUT2D eigenvalue weighted by Crippen LogP contribution is 2.26. The van der Waals surface area contributed by atoms with Gasteiger partial charge in [0.15, 0.2) is 0 Å². The Hall–Kier alpha value is -1.65. The molecule has 4 heteroatoms. The molecule has 0 aromatic heterocycles. The summed E-state index contributed by atoms with van der Waals surface area (Å²) in [6.45, 7) is 1.35. The molecule has 4 nitrogen and oxygen atoms in total. The lowest BCUT2D eigenvalue weighted by atomic mass is 9.89. The van der Waals surface area contributed by atoms with Gasteiger partial charge in [-0.2, -0.15) is 0 Å². The van der Waals surface area contributed by atoms with E-state index in [1.165, 1.54) is 0 Å². The Bertz CT molecular complexity index is 500. The highest BCUT2D eigenvalue weighted by Gasteiger charge is 2.34. The Kier molecular flexibility index (Phi) is 4.68. The Balaban J connectivity index is 1.50. The first kappa shape index (κ1) is 14.3. The molecule has 1 amide bonds. The number of carbonyl (C=O) groups is 1. The summed E-state index contributed by atoms with van der Waals surface area (Å²) in [4.78, 5) is 12.0. The number of benzene rings is 1. The SMILES string of the molecule is O=C(/C=C/c1ccccc1)N[C@@H]1CC[C@H]2OCCO[C@@H]2C1. The molecule has 3 rings (SSSR count). The predicted molar refractivity (Wildman–Crippen MR) is 80.7 cm³/mol. The molecular formula is C17H21NO3. The zero-order valence-electron chi connectivity index (χ0n) is 12.0. The molecule has 0 unspecified atom stereocenters. The number of fused-ring (bicyclic) bond motifs is 1. The van der Waals surface area contributed by atoms with E-state index in [0.29, 0.717) is 13.2 Å². The maximum Gasteiger partial charge on any atom is 0.244 e. The van der Waals surface area contributed by atoms with Gasteiger partial charge in [-0.3, -0.25) is 4.79 Å². The standard InChI is InChI=1S/C17H21NO3/c19-17(9-6-13-4-2-1-3-5-13)18-14-7-8-15-16(12-14)21-11-10-20-15/h1-6,9,14-16H,7-8,10-12H2,(H,18,19)/b9-6+/t14-,15-,16-/m1/s1. The third kappa shape index (κ3) is 3.93. The van der Waals surface area contributed by atoms with Crippen LogP contribution in [0.1, 0.15) is 24.8 Å². The fraction of sp³-hybridized carbons (Fsp3) is 0.471. The number of hydrogen-bond acceptors (Lipinski definition) is 3. The molecule has 0 spiro atoms. The van der Waals surface area contributed by atoms with Crippen LogP contribution in [0.2, 0.25) is 0 Å². The summed E-state index contributed by atoms with van der Waals surface area (Å²) < 4.78 is 11.4. The van der Waals surface area contributed by atoms with E-state index >= 15 is 0 Å². The third-order valence-corrected chi connectivity index (χ3v) is 4.05. The van der Waals surface area contributed by atoms with Gasteiger partial charge in [-0.05, 0) is 30.9 Å². The van der Waals surface area contributed by atoms with Crippen LogP contribution in [0, 0.1) is 0 Å². The summed E-state index contributed by atoms with van der Waals surface area (Å²) in [6, 6.07) is 10.0. The van der Waals surface area contributed by atoms with Gasteiger partial charge in [-0.25, -0.2) is 0 Å². The van der Waals surface area contributed by atoms with Crippen LogP contribution < -0.4 is 5.32 Å². The second-order valence-electron chi connectivity index (χ2n) is 5.58. The van der Waals surface area contributed by atoms with Crippen molar-refractivity contribution in [3.05, 3.63) is 42.0 Å². The summed E-state index contributed by atoms with van der Waals surface area (Å²) in [5.74, 6) is -0.0426. The second kappa shape index (κ2) is 6.87. The van der Waals surface area contributed by atoms with Crippen molar-refractivity contribution in [3.8, 4) is 0 Å². The van der Waals surface area contributed by atoms with Crippen LogP contribution in [-0.2, 0) is 14.3 Å². The summed E-state index contributed by atoms with van der Waals surface area (Å²) in [5, 5.41) is 3.06. The van der Waals surface area contributed by atoms with Crippen molar-refractivity contribution < 1.29 is 14.3 Å². The molecule has 112 valence electrons. The van der Waals surface area contributed by atoms with E-state index in [0.717, 1.165) is 24.8 Å². The monoisotopic (exact) mass is 287 g/mol. The van der Waals surface area contributed by atoms with Crippen molar-refractivity contribution in [2.45, 2.75) is 37.5 Å². The van der Waals surface area contributed by atoms with E-state index < -0.39 is 0 Å². The predicted octanol–water partition coefficient (Wildman–Crippen LogP) is 2.15. The summed E-state index contributed by atoms with van der Waals surface area (Å²) in [7, 11) is 0. The molecule has 1 N–H and O–H groups in total. The molecule has 2 fully saturated rings. The average Bonchev–Trinajstić information content (AvgIpc) is 2.54. The average molecular weight is 287 g/mol. The molecule has 1 saturated heterocycles. The van der Waals surface area contributed by atoms with Crippen LogP contribution in [0.4, 0.5) is 0 Å². The third-order valence-electron chi connectivity index (χ3n) is 4.05. The van der Waals surface area contributed by atoms with Gasteiger partial charge in [-0.1, -0.05) is 30.3 Å². The van der Waals surface area contributed by atoms with Crippen molar-refractivity contribution in [2.24, 2.45) is 0 Å². The Morgan fingerprint density at radius 2 is 1.86 bits per heavy atom. The Morgan fingerprint density at radius 1 is 1.10 bits per heavy atom. The molecule has 0 bridgehead atoms. The number of carbonyl (C=O) groups excluding carboxylic acids is 1. The molecule has 2 aliphatic rings. The van der Waals surface area contributed by atoms with Crippen LogP contribution >= 0.6 is 0 Å². The van der Waals surface area contributed by atoms with Crippen LogP contribution in [-0.4, -0.2) is 37.4 Å². The first-order valence-electron chi connectivity index (χ1n) is 7.58. The second-order valence-corrected chi connectivity index (χ2v) is 5.58. The normalized spacial score (nSPS) is 29.0. The van der Waals surface area contributed by atoms with Gasteiger partial charge in [0.25, 0.3) is 0 Å². The van der Waals surface area contributed by atoms with Crippen LogP contribution in [0.5, 0.6) is 0 Å². The highest BCUT2D eigenvalue weighted by molar-refractivity contribution is 5.91. The molecule has 1 heterocycles. The van der Waals surface area contributed by atoms with Crippen molar-refractivity contribution in [3.63, 3.8) is 0 Å². The lowest BCUT2D eigenvalue weighted by Gasteiger charge is -2.38. The highest BCUT2D eigenvalue weighted by atomic mass is 16.6. The summed E-state index contributed by atoms with van der Waals surface area (Å²) in [5.41, 5.74) is 1.03. The van der Waals surface area contributed by atoms with Crippen molar-refractivity contribution in [1.29, 1.82) is 0 Å². The molecule has 21 heavy (non-hydrogen) atoms. The Labute approximate surface area is 125 Å². The number of nitrogens with one attached hydrogen (secondary N) is 1. The molecule has 1 aliphatic heterocycles. The molecule has 1 aromatic carbocycles. The van der Waals surface area contributed by atoms with Gasteiger partial charge in [0.2, 0.25) is 5.91 Å². The first-order valence-corrected chi connectivity index (χ1v) is 7.58. The van der Waals surface area contributed by atoms with Gasteiger partial charge in [0.05, 0.1) is 25.4 Å². The van der Waals surface area contributed by atoms with Crippen molar-refractivity contribution in [2.75, 3.05) is 13.2 Å². The van der Waals surface area contributed by atoms with E-state index in [4.69, 9.17) is 9.47 Å². The van der Waals surface area contributed by atoms with Crippen LogP contribution in [0.25, 0.3) is 6.08 Å². The number of hydrogen-bond donors (Lipinski definition) is 1. The van der Waals surface area contributed by atoms with E-state index in [9.17, 15) is 4.79 Å². The maximum atomic E-state index is 12.0. The molecule has 3 atom stereocenters. The van der Waals surface area contributed by atoms with E-state index in [-0.39, 0.29) is 24.2 Å². The van der Waals surface area contributed by atoms with Gasteiger partial charge in [0.1, 0.15) is 0 Å². The van der Waals surface area contributed by atoms with Crippen molar-refractivity contribution in [1.82, 2.24) is 5.32 Å². The van der Waals surface area contributed by atoms with Crippen LogP contribution in [0.15, 0.2) is 36.4 Å². The quantitative estimate of drug-likeness (QED) is 0.867. The fourth-order valence-corrected chi connectivity index (χ4v) is 2.98. The largest absolute Gasteiger partial charge is 0.373 e. The molecular weight excluding hydrogens is 266 g/mol. The summed E-state index contributed by atoms with van der Waals surface area (Å²) in [6.07, 6.45) is 6.53. The number of amides is 1. The first-order chi connectivity index (χ1) is 10.3. The van der Waals surface area contributed by atoms with Crippen LogP contribution in [0.3, 0.4) is 0 Å². The lowest BCUT2D eigenvalue weighted by molar-refractivity contribution is -0.158. The summed E-state index contributed by atoms with van der Waals surface area (Å²) >= 11 is 0. The maximum absolute atomic E-state index is 12.0. The van der Waals surface area contributed by atoms with E-state index in [2.05, 4.69) is 5.32 Å². The molecule has 0 radical (unpaired) electrons. The minimum absolute atomic E-state index is 0.0426. The van der Waals surface area contributed by atoms with Crippen molar-refractivity contribution >= 4 is 12.0 Å². The van der Waals surface area contributed by atoms with E-state index in [1.54, 1.807) is 6.08 Å². The fourth-order valence-electron chi connectivity index (χ4n) is 2.98. The zero-order valence-corrected chi connectivity index (χ0v) is 12.0. The smallest absolute Gasteiger partial charge is 0.244 e. The number of rotatable bonds is 3. The topological polar surface area (TPSA) is 47.6 Å². The molecule has 1 aromatic rings. The minimum Gasteiger partial charge on any atom is -0.373 e. The van der Waals surface area contributed by atoms with E-state index in [1.807, 2.05) is 36.4 Å². The lowest BCUT2D eigenvalue weighted by Crippen LogP contribution is -2.49. The van der Waals surface area contributed by atoms with Gasteiger partial charge in [0, 0.05) is 12.1 Å². The van der Waals surface area contributed by atoms with Gasteiger partial charge >= 0.3 is 0 Å². The van der Waals surface area contributed by atoms with Gasteiger partial charge < -0.3 is 14.8 Å². The molecule has 1 aliphatic carbocycles. The van der Waals surface area contributed by atoms with Gasteiger partial charge in [-0.15, -0.1) is 0 Å². The Morgan fingerprint density at radius 3 is 2.67 bits per heavy atom. The minimum atomic E-state index is -0.0426. The molecule has 1 saturated carbocycles. The zero-order chi connectivity index (χ0) is 14.5.